The van der Waals surface area contributed by atoms with Crippen LogP contribution in [0, 0.1) is 0 Å². The fourth-order valence-electron chi connectivity index (χ4n) is 2.37. The molecule has 0 aliphatic carbocycles. The van der Waals surface area contributed by atoms with Gasteiger partial charge in [0.1, 0.15) is 0 Å². The second-order valence-corrected chi connectivity index (χ2v) is 6.63. The van der Waals surface area contributed by atoms with Crippen LogP contribution in [-0.2, 0) is 4.79 Å². The minimum absolute atomic E-state index is 0.129. The summed E-state index contributed by atoms with van der Waals surface area (Å²) in [5.41, 5.74) is 1.59. The number of nitrogens with one attached hydrogen (secondary N) is 2. The highest BCUT2D eigenvalue weighted by Gasteiger charge is 2.10. The van der Waals surface area contributed by atoms with Crippen LogP contribution in [0.15, 0.2) is 48.5 Å². The van der Waals surface area contributed by atoms with Crippen molar-refractivity contribution >= 4 is 35.0 Å². The third kappa shape index (κ3) is 6.42. The number of benzene rings is 2. The lowest BCUT2D eigenvalue weighted by atomic mass is 10.1. The summed E-state index contributed by atoms with van der Waals surface area (Å²) >= 11 is 5.79. The van der Waals surface area contributed by atoms with Gasteiger partial charge in [0, 0.05) is 48.9 Å². The van der Waals surface area contributed by atoms with Crippen molar-refractivity contribution in [3.8, 4) is 0 Å². The number of amides is 3. The maximum Gasteiger partial charge on any atom is 0.253 e. The van der Waals surface area contributed by atoms with Gasteiger partial charge in [0.05, 0.1) is 0 Å². The highest BCUT2D eigenvalue weighted by molar-refractivity contribution is 6.30. The van der Waals surface area contributed by atoms with Crippen LogP contribution in [0.1, 0.15) is 33.6 Å². The van der Waals surface area contributed by atoms with Crippen LogP contribution in [0.2, 0.25) is 5.02 Å². The fourth-order valence-corrected chi connectivity index (χ4v) is 2.49. The molecule has 0 unspecified atom stereocenters. The van der Waals surface area contributed by atoms with E-state index in [9.17, 15) is 14.4 Å². The third-order valence-electron chi connectivity index (χ3n) is 3.77. The molecule has 0 bridgehead atoms. The van der Waals surface area contributed by atoms with E-state index in [0.717, 1.165) is 0 Å². The van der Waals surface area contributed by atoms with E-state index in [1.807, 2.05) is 0 Å². The molecule has 0 aliphatic heterocycles. The lowest BCUT2D eigenvalue weighted by molar-refractivity contribution is -0.116. The van der Waals surface area contributed by atoms with Gasteiger partial charge in [-0.05, 0) is 48.9 Å². The summed E-state index contributed by atoms with van der Waals surface area (Å²) in [5, 5.41) is 6.10. The van der Waals surface area contributed by atoms with Gasteiger partial charge >= 0.3 is 0 Å². The Balaban J connectivity index is 1.76. The standard InChI is InChI=1S/C20H22ClN3O3/c1-24(2)20(27)15-5-3-6-17(13-15)23-18(25)7-4-12-22-19(26)14-8-10-16(21)11-9-14/h3,5-6,8-11,13H,4,7,12H2,1-2H3,(H,22,26)(H,23,25). The monoisotopic (exact) mass is 387 g/mol. The Kier molecular flexibility index (Phi) is 7.37. The first-order chi connectivity index (χ1) is 12.9. The number of carbonyl (C=O) groups excluding carboxylic acids is 3. The summed E-state index contributed by atoms with van der Waals surface area (Å²) in [6.45, 7) is 0.383. The van der Waals surface area contributed by atoms with Crippen LogP contribution in [-0.4, -0.2) is 43.3 Å². The second-order valence-electron chi connectivity index (χ2n) is 6.19. The minimum atomic E-state index is -0.207. The van der Waals surface area contributed by atoms with E-state index in [-0.39, 0.29) is 24.1 Å². The molecular weight excluding hydrogens is 366 g/mol. The van der Waals surface area contributed by atoms with Crippen LogP contribution < -0.4 is 10.6 Å². The molecular formula is C20H22ClN3O3. The van der Waals surface area contributed by atoms with Crippen LogP contribution in [0.5, 0.6) is 0 Å². The van der Waals surface area contributed by atoms with Crippen LogP contribution >= 0.6 is 11.6 Å². The largest absolute Gasteiger partial charge is 0.352 e. The van der Waals surface area contributed by atoms with Crippen molar-refractivity contribution in [1.82, 2.24) is 10.2 Å². The Morgan fingerprint density at radius 1 is 1.00 bits per heavy atom. The number of nitrogens with zero attached hydrogens (tertiary/aromatic N) is 1. The van der Waals surface area contributed by atoms with Crippen molar-refractivity contribution in [2.24, 2.45) is 0 Å². The maximum absolute atomic E-state index is 12.0. The summed E-state index contributed by atoms with van der Waals surface area (Å²) in [6.07, 6.45) is 0.758. The van der Waals surface area contributed by atoms with Crippen molar-refractivity contribution in [2.75, 3.05) is 26.0 Å². The van der Waals surface area contributed by atoms with Gasteiger partial charge in [0.15, 0.2) is 0 Å². The first-order valence-corrected chi connectivity index (χ1v) is 8.90. The average Bonchev–Trinajstić information content (AvgIpc) is 2.65. The first-order valence-electron chi connectivity index (χ1n) is 8.52. The molecule has 2 rings (SSSR count). The molecule has 7 heteroatoms. The molecule has 0 radical (unpaired) electrons. The quantitative estimate of drug-likeness (QED) is 0.716. The predicted octanol–water partition coefficient (Wildman–Crippen LogP) is 3.19. The minimum Gasteiger partial charge on any atom is -0.352 e. The van der Waals surface area contributed by atoms with Crippen LogP contribution in [0.3, 0.4) is 0 Å². The van der Waals surface area contributed by atoms with E-state index >= 15 is 0 Å². The third-order valence-corrected chi connectivity index (χ3v) is 4.02. The zero-order valence-electron chi connectivity index (χ0n) is 15.3. The molecule has 0 saturated carbocycles. The number of anilines is 1. The summed E-state index contributed by atoms with van der Waals surface area (Å²) in [5.74, 6) is -0.511. The first kappa shape index (κ1) is 20.5. The average molecular weight is 388 g/mol. The number of halogens is 1. The van der Waals surface area contributed by atoms with E-state index < -0.39 is 0 Å². The van der Waals surface area contributed by atoms with Crippen molar-refractivity contribution < 1.29 is 14.4 Å². The Labute approximate surface area is 163 Å². The predicted molar refractivity (Wildman–Crippen MR) is 106 cm³/mol. The Hall–Kier alpha value is -2.86. The van der Waals surface area contributed by atoms with Gasteiger partial charge in [-0.3, -0.25) is 14.4 Å². The zero-order valence-corrected chi connectivity index (χ0v) is 16.0. The second kappa shape index (κ2) is 9.73. The molecule has 27 heavy (non-hydrogen) atoms. The van der Waals surface area contributed by atoms with Crippen molar-refractivity contribution in [3.05, 3.63) is 64.7 Å². The molecule has 0 aromatic heterocycles. The molecule has 2 N–H and O–H groups in total. The van der Waals surface area contributed by atoms with E-state index in [0.29, 0.717) is 34.8 Å². The Morgan fingerprint density at radius 3 is 2.37 bits per heavy atom. The number of hydrogen-bond acceptors (Lipinski definition) is 3. The lowest BCUT2D eigenvalue weighted by Gasteiger charge is -2.12. The Morgan fingerprint density at radius 2 is 1.70 bits per heavy atom. The van der Waals surface area contributed by atoms with Crippen molar-refractivity contribution in [2.45, 2.75) is 12.8 Å². The van der Waals surface area contributed by atoms with Crippen molar-refractivity contribution in [1.29, 1.82) is 0 Å². The summed E-state index contributed by atoms with van der Waals surface area (Å²) in [7, 11) is 3.35. The summed E-state index contributed by atoms with van der Waals surface area (Å²) in [4.78, 5) is 37.4. The van der Waals surface area contributed by atoms with Crippen molar-refractivity contribution in [3.63, 3.8) is 0 Å². The van der Waals surface area contributed by atoms with Gasteiger partial charge in [0.2, 0.25) is 5.91 Å². The van der Waals surface area contributed by atoms with Gasteiger partial charge in [-0.25, -0.2) is 0 Å². The zero-order chi connectivity index (χ0) is 19.8. The molecule has 0 aliphatic rings. The molecule has 0 atom stereocenters. The molecule has 0 heterocycles. The van der Waals surface area contributed by atoms with E-state index in [1.165, 1.54) is 4.90 Å². The SMILES string of the molecule is CN(C)C(=O)c1cccc(NC(=O)CCCNC(=O)c2ccc(Cl)cc2)c1. The topological polar surface area (TPSA) is 78.5 Å². The molecule has 2 aromatic rings. The van der Waals surface area contributed by atoms with E-state index in [2.05, 4.69) is 10.6 Å². The van der Waals surface area contributed by atoms with Gasteiger partial charge < -0.3 is 15.5 Å². The molecule has 3 amide bonds. The van der Waals surface area contributed by atoms with Gasteiger partial charge in [-0.1, -0.05) is 17.7 Å². The van der Waals surface area contributed by atoms with E-state index in [4.69, 9.17) is 11.6 Å². The molecule has 0 saturated heterocycles. The molecule has 142 valence electrons. The molecule has 0 fully saturated rings. The van der Waals surface area contributed by atoms with Crippen LogP contribution in [0.4, 0.5) is 5.69 Å². The molecule has 6 nitrogen and oxygen atoms in total. The normalized spacial score (nSPS) is 10.2. The molecule has 0 spiro atoms. The smallest absolute Gasteiger partial charge is 0.253 e. The summed E-state index contributed by atoms with van der Waals surface area (Å²) in [6, 6.07) is 13.4. The summed E-state index contributed by atoms with van der Waals surface area (Å²) < 4.78 is 0. The van der Waals surface area contributed by atoms with Gasteiger partial charge in [0.25, 0.3) is 11.8 Å². The van der Waals surface area contributed by atoms with Crippen LogP contribution in [0.25, 0.3) is 0 Å². The maximum atomic E-state index is 12.0. The highest BCUT2D eigenvalue weighted by atomic mass is 35.5. The lowest BCUT2D eigenvalue weighted by Crippen LogP contribution is -2.25. The molecule has 2 aromatic carbocycles. The number of hydrogen-bond donors (Lipinski definition) is 2. The van der Waals surface area contributed by atoms with Gasteiger partial charge in [-0.2, -0.15) is 0 Å². The number of carbonyl (C=O) groups is 3. The van der Waals surface area contributed by atoms with Gasteiger partial charge in [-0.15, -0.1) is 0 Å². The highest BCUT2D eigenvalue weighted by Crippen LogP contribution is 2.13. The fraction of sp³-hybridized carbons (Fsp3) is 0.250. The Bertz CT molecular complexity index is 819. The number of rotatable bonds is 7. The van der Waals surface area contributed by atoms with E-state index in [1.54, 1.807) is 62.6 Å².